The molecule has 0 heterocycles. The third-order valence-electron chi connectivity index (χ3n) is 4.09. The average Bonchev–Trinajstić information content (AvgIpc) is 3.09. The maximum absolute atomic E-state index is 6.08. The monoisotopic (exact) mass is 211 g/mol. The Hall–Kier alpha value is -0.0800. The summed E-state index contributed by atoms with van der Waals surface area (Å²) in [5.74, 6) is 1.79. The van der Waals surface area contributed by atoms with E-state index in [-0.39, 0.29) is 0 Å². The van der Waals surface area contributed by atoms with Crippen LogP contribution in [-0.4, -0.2) is 25.8 Å². The lowest BCUT2D eigenvalue weighted by atomic mass is 9.82. The molecule has 0 spiro atoms. The highest BCUT2D eigenvalue weighted by molar-refractivity contribution is 4.85. The molecule has 3 atom stereocenters. The second-order valence-corrected chi connectivity index (χ2v) is 5.30. The standard InChI is InChI=1S/C13H25NO/c1-3-10-6-7-12(14-2)13(8-10)15-9-11-4-5-11/h10-14H,3-9H2,1-2H3. The molecular formula is C13H25NO. The van der Waals surface area contributed by atoms with Crippen LogP contribution in [-0.2, 0) is 4.74 Å². The number of hydrogen-bond acceptors (Lipinski definition) is 2. The van der Waals surface area contributed by atoms with Crippen LogP contribution in [0.5, 0.6) is 0 Å². The lowest BCUT2D eigenvalue weighted by Crippen LogP contribution is -2.44. The van der Waals surface area contributed by atoms with Gasteiger partial charge in [-0.3, -0.25) is 0 Å². The lowest BCUT2D eigenvalue weighted by Gasteiger charge is -2.35. The summed E-state index contributed by atoms with van der Waals surface area (Å²) in [5.41, 5.74) is 0. The van der Waals surface area contributed by atoms with Crippen molar-refractivity contribution in [2.75, 3.05) is 13.7 Å². The van der Waals surface area contributed by atoms with Crippen molar-refractivity contribution >= 4 is 0 Å². The van der Waals surface area contributed by atoms with Crippen LogP contribution < -0.4 is 5.32 Å². The van der Waals surface area contributed by atoms with Crippen LogP contribution >= 0.6 is 0 Å². The molecule has 2 fully saturated rings. The van der Waals surface area contributed by atoms with Gasteiger partial charge in [0.15, 0.2) is 0 Å². The molecule has 15 heavy (non-hydrogen) atoms. The topological polar surface area (TPSA) is 21.3 Å². The molecule has 2 aliphatic rings. The highest BCUT2D eigenvalue weighted by Crippen LogP contribution is 2.33. The maximum Gasteiger partial charge on any atom is 0.0730 e. The van der Waals surface area contributed by atoms with Gasteiger partial charge in [-0.1, -0.05) is 13.3 Å². The SMILES string of the molecule is CCC1CCC(NC)C(OCC2CC2)C1. The summed E-state index contributed by atoms with van der Waals surface area (Å²) in [7, 11) is 2.07. The molecule has 2 saturated carbocycles. The molecule has 2 rings (SSSR count). The first-order valence-corrected chi connectivity index (χ1v) is 6.62. The van der Waals surface area contributed by atoms with Gasteiger partial charge in [0.1, 0.15) is 0 Å². The van der Waals surface area contributed by atoms with Gasteiger partial charge in [0, 0.05) is 12.6 Å². The Morgan fingerprint density at radius 3 is 2.47 bits per heavy atom. The van der Waals surface area contributed by atoms with Crippen LogP contribution in [0.2, 0.25) is 0 Å². The quantitative estimate of drug-likeness (QED) is 0.754. The first kappa shape index (κ1) is 11.4. The molecule has 3 unspecified atom stereocenters. The van der Waals surface area contributed by atoms with Crippen LogP contribution in [0, 0.1) is 11.8 Å². The Morgan fingerprint density at radius 2 is 1.87 bits per heavy atom. The minimum absolute atomic E-state index is 0.481. The van der Waals surface area contributed by atoms with E-state index in [1.54, 1.807) is 0 Å². The second kappa shape index (κ2) is 5.31. The summed E-state index contributed by atoms with van der Waals surface area (Å²) < 4.78 is 6.08. The van der Waals surface area contributed by atoms with E-state index in [0.29, 0.717) is 12.1 Å². The van der Waals surface area contributed by atoms with Gasteiger partial charge in [0.2, 0.25) is 0 Å². The Bertz CT molecular complexity index is 191. The number of likely N-dealkylation sites (N-methyl/N-ethyl adjacent to an activating group) is 1. The molecule has 0 amide bonds. The number of rotatable bonds is 5. The van der Waals surface area contributed by atoms with Crippen LogP contribution in [0.4, 0.5) is 0 Å². The van der Waals surface area contributed by atoms with E-state index < -0.39 is 0 Å². The zero-order chi connectivity index (χ0) is 10.7. The normalized spacial score (nSPS) is 36.8. The van der Waals surface area contributed by atoms with Crippen LogP contribution in [0.25, 0.3) is 0 Å². The minimum atomic E-state index is 0.481. The predicted molar refractivity (Wildman–Crippen MR) is 62.9 cm³/mol. The molecule has 88 valence electrons. The lowest BCUT2D eigenvalue weighted by molar-refractivity contribution is -0.0134. The van der Waals surface area contributed by atoms with Gasteiger partial charge in [-0.15, -0.1) is 0 Å². The van der Waals surface area contributed by atoms with Gasteiger partial charge in [0.05, 0.1) is 6.10 Å². The van der Waals surface area contributed by atoms with E-state index in [1.165, 1.54) is 38.5 Å². The van der Waals surface area contributed by atoms with Crippen molar-refractivity contribution in [3.8, 4) is 0 Å². The number of hydrogen-bond donors (Lipinski definition) is 1. The third-order valence-corrected chi connectivity index (χ3v) is 4.09. The first-order valence-electron chi connectivity index (χ1n) is 6.62. The highest BCUT2D eigenvalue weighted by Gasteiger charge is 2.31. The summed E-state index contributed by atoms with van der Waals surface area (Å²) in [6.45, 7) is 3.32. The summed E-state index contributed by atoms with van der Waals surface area (Å²) >= 11 is 0. The van der Waals surface area contributed by atoms with Gasteiger partial charge in [-0.25, -0.2) is 0 Å². The van der Waals surface area contributed by atoms with E-state index >= 15 is 0 Å². The van der Waals surface area contributed by atoms with Gasteiger partial charge in [0.25, 0.3) is 0 Å². The van der Waals surface area contributed by atoms with Crippen molar-refractivity contribution < 1.29 is 4.74 Å². The van der Waals surface area contributed by atoms with Crippen LogP contribution in [0.1, 0.15) is 45.4 Å². The maximum atomic E-state index is 6.08. The number of nitrogens with one attached hydrogen (secondary N) is 1. The van der Waals surface area contributed by atoms with Gasteiger partial charge in [-0.2, -0.15) is 0 Å². The first-order chi connectivity index (χ1) is 7.33. The fourth-order valence-electron chi connectivity index (χ4n) is 2.64. The van der Waals surface area contributed by atoms with Gasteiger partial charge >= 0.3 is 0 Å². The zero-order valence-electron chi connectivity index (χ0n) is 10.2. The molecule has 2 nitrogen and oxygen atoms in total. The molecule has 0 aromatic carbocycles. The van der Waals surface area contributed by atoms with Crippen LogP contribution in [0.15, 0.2) is 0 Å². The Kier molecular flexibility index (Phi) is 4.04. The summed E-state index contributed by atoms with van der Waals surface area (Å²) in [6.07, 6.45) is 8.54. The summed E-state index contributed by atoms with van der Waals surface area (Å²) in [4.78, 5) is 0. The van der Waals surface area contributed by atoms with E-state index in [9.17, 15) is 0 Å². The second-order valence-electron chi connectivity index (χ2n) is 5.30. The summed E-state index contributed by atoms with van der Waals surface area (Å²) in [5, 5.41) is 3.42. The van der Waals surface area contributed by atoms with E-state index in [1.807, 2.05) is 0 Å². The Labute approximate surface area is 93.8 Å². The Balaban J connectivity index is 1.79. The van der Waals surface area contributed by atoms with E-state index in [4.69, 9.17) is 4.74 Å². The molecule has 1 N–H and O–H groups in total. The van der Waals surface area contributed by atoms with Crippen molar-refractivity contribution in [3.63, 3.8) is 0 Å². The highest BCUT2D eigenvalue weighted by atomic mass is 16.5. The van der Waals surface area contributed by atoms with Gasteiger partial charge in [-0.05, 0) is 51.0 Å². The van der Waals surface area contributed by atoms with Crippen molar-refractivity contribution in [2.45, 2.75) is 57.6 Å². The molecule has 2 aliphatic carbocycles. The average molecular weight is 211 g/mol. The minimum Gasteiger partial charge on any atom is -0.376 e. The van der Waals surface area contributed by atoms with Crippen molar-refractivity contribution in [2.24, 2.45) is 11.8 Å². The smallest absolute Gasteiger partial charge is 0.0730 e. The molecule has 0 aliphatic heterocycles. The molecule has 0 aromatic rings. The van der Waals surface area contributed by atoms with Crippen molar-refractivity contribution in [1.29, 1.82) is 0 Å². The molecular weight excluding hydrogens is 186 g/mol. The van der Waals surface area contributed by atoms with Crippen molar-refractivity contribution in [3.05, 3.63) is 0 Å². The molecule has 0 aromatic heterocycles. The van der Waals surface area contributed by atoms with Crippen LogP contribution in [0.3, 0.4) is 0 Å². The van der Waals surface area contributed by atoms with E-state index in [0.717, 1.165) is 18.4 Å². The van der Waals surface area contributed by atoms with E-state index in [2.05, 4.69) is 19.3 Å². The molecule has 2 heteroatoms. The fourth-order valence-corrected chi connectivity index (χ4v) is 2.64. The Morgan fingerprint density at radius 1 is 1.13 bits per heavy atom. The zero-order valence-corrected chi connectivity index (χ0v) is 10.2. The summed E-state index contributed by atoms with van der Waals surface area (Å²) in [6, 6.07) is 0.603. The largest absolute Gasteiger partial charge is 0.376 e. The third kappa shape index (κ3) is 3.18. The van der Waals surface area contributed by atoms with Gasteiger partial charge < -0.3 is 10.1 Å². The molecule has 0 radical (unpaired) electrons. The molecule has 0 saturated heterocycles. The fraction of sp³-hybridized carbons (Fsp3) is 1.00. The van der Waals surface area contributed by atoms with Crippen molar-refractivity contribution in [1.82, 2.24) is 5.32 Å². The predicted octanol–water partition coefficient (Wildman–Crippen LogP) is 2.58. The number of ether oxygens (including phenoxy) is 1. The molecule has 0 bridgehead atoms.